The van der Waals surface area contributed by atoms with Gasteiger partial charge in [0.1, 0.15) is 0 Å². The second-order valence-electron chi connectivity index (χ2n) is 5.49. The number of carboxylic acids is 1. The average Bonchev–Trinajstić information content (AvgIpc) is 2.38. The highest BCUT2D eigenvalue weighted by molar-refractivity contribution is 5.76. The summed E-state index contributed by atoms with van der Waals surface area (Å²) in [5, 5.41) is 20.8. The molecule has 0 saturated carbocycles. The lowest BCUT2D eigenvalue weighted by Gasteiger charge is -2.31. The Labute approximate surface area is 113 Å². The van der Waals surface area contributed by atoms with Crippen molar-refractivity contribution in [2.24, 2.45) is 17.8 Å². The van der Waals surface area contributed by atoms with E-state index in [-0.39, 0.29) is 31.0 Å². The van der Waals surface area contributed by atoms with E-state index in [9.17, 15) is 9.59 Å². The molecule has 0 bridgehead atoms. The fourth-order valence-electron chi connectivity index (χ4n) is 2.24. The third kappa shape index (κ3) is 4.70. The van der Waals surface area contributed by atoms with Crippen molar-refractivity contribution in [2.45, 2.75) is 26.7 Å². The van der Waals surface area contributed by atoms with Gasteiger partial charge in [-0.2, -0.15) is 0 Å². The normalized spacial score (nSPS) is 18.4. The number of aliphatic carboxylic acids is 1. The Kier molecular flexibility index (Phi) is 6.08. The number of hydrogen-bond donors (Lipinski definition) is 3. The van der Waals surface area contributed by atoms with Gasteiger partial charge in [-0.15, -0.1) is 0 Å². The summed E-state index contributed by atoms with van der Waals surface area (Å²) in [5.74, 6) is -1.17. The van der Waals surface area contributed by atoms with E-state index in [2.05, 4.69) is 5.32 Å². The smallest absolute Gasteiger partial charge is 0.317 e. The van der Waals surface area contributed by atoms with Crippen LogP contribution in [0.3, 0.4) is 0 Å². The number of urea groups is 1. The number of nitrogens with zero attached hydrogens (tertiary/aromatic N) is 1. The number of carbonyl (C=O) groups excluding carboxylic acids is 1. The van der Waals surface area contributed by atoms with Crippen molar-refractivity contribution >= 4 is 12.0 Å². The number of piperidine rings is 1. The number of carboxylic acid groups (broad SMARTS) is 1. The van der Waals surface area contributed by atoms with E-state index in [0.717, 1.165) is 12.8 Å². The number of hydrogen-bond acceptors (Lipinski definition) is 3. The number of nitrogens with one attached hydrogen (secondary N) is 1. The van der Waals surface area contributed by atoms with Gasteiger partial charge in [-0.3, -0.25) is 4.79 Å². The van der Waals surface area contributed by atoms with Gasteiger partial charge in [-0.1, -0.05) is 13.8 Å². The monoisotopic (exact) mass is 272 g/mol. The number of rotatable bonds is 5. The van der Waals surface area contributed by atoms with E-state index >= 15 is 0 Å². The molecule has 1 saturated heterocycles. The molecule has 110 valence electrons. The van der Waals surface area contributed by atoms with E-state index in [1.807, 2.05) is 13.8 Å². The van der Waals surface area contributed by atoms with Crippen molar-refractivity contribution < 1.29 is 19.8 Å². The number of aliphatic hydroxyl groups is 1. The highest BCUT2D eigenvalue weighted by atomic mass is 16.4. The lowest BCUT2D eigenvalue weighted by Crippen LogP contribution is -2.47. The lowest BCUT2D eigenvalue weighted by molar-refractivity contribution is -0.142. The van der Waals surface area contributed by atoms with Crippen molar-refractivity contribution in [1.29, 1.82) is 0 Å². The molecule has 1 aliphatic rings. The van der Waals surface area contributed by atoms with Gasteiger partial charge in [0.15, 0.2) is 0 Å². The molecule has 19 heavy (non-hydrogen) atoms. The van der Waals surface area contributed by atoms with Crippen LogP contribution in [0.25, 0.3) is 0 Å². The van der Waals surface area contributed by atoms with Crippen LogP contribution in [0.15, 0.2) is 0 Å². The van der Waals surface area contributed by atoms with Crippen LogP contribution in [0.2, 0.25) is 0 Å². The summed E-state index contributed by atoms with van der Waals surface area (Å²) >= 11 is 0. The first-order valence-corrected chi connectivity index (χ1v) is 6.82. The zero-order chi connectivity index (χ0) is 14.4. The molecule has 0 aliphatic carbocycles. The van der Waals surface area contributed by atoms with Crippen LogP contribution in [0, 0.1) is 17.8 Å². The summed E-state index contributed by atoms with van der Waals surface area (Å²) in [7, 11) is 0. The van der Waals surface area contributed by atoms with Crippen LogP contribution in [-0.2, 0) is 4.79 Å². The third-order valence-corrected chi connectivity index (χ3v) is 3.76. The van der Waals surface area contributed by atoms with E-state index < -0.39 is 11.9 Å². The molecular formula is C13H24N2O4. The molecule has 0 radical (unpaired) electrons. The number of carbonyl (C=O) groups is 2. The molecule has 6 nitrogen and oxygen atoms in total. The summed E-state index contributed by atoms with van der Waals surface area (Å²) in [6, 6.07) is -0.205. The van der Waals surface area contributed by atoms with Crippen molar-refractivity contribution in [1.82, 2.24) is 10.2 Å². The fourth-order valence-corrected chi connectivity index (χ4v) is 2.24. The third-order valence-electron chi connectivity index (χ3n) is 3.76. The second-order valence-corrected chi connectivity index (χ2v) is 5.49. The molecule has 1 heterocycles. The van der Waals surface area contributed by atoms with Gasteiger partial charge < -0.3 is 20.4 Å². The molecule has 1 fully saturated rings. The topological polar surface area (TPSA) is 89.9 Å². The van der Waals surface area contributed by atoms with Gasteiger partial charge in [0.25, 0.3) is 0 Å². The number of likely N-dealkylation sites (tertiary alicyclic amines) is 1. The number of amides is 2. The molecule has 1 rings (SSSR count). The zero-order valence-electron chi connectivity index (χ0n) is 11.6. The summed E-state index contributed by atoms with van der Waals surface area (Å²) < 4.78 is 0. The highest BCUT2D eigenvalue weighted by Crippen LogP contribution is 2.16. The highest BCUT2D eigenvalue weighted by Gasteiger charge is 2.25. The summed E-state index contributed by atoms with van der Waals surface area (Å²) in [4.78, 5) is 24.6. The number of aliphatic hydroxyl groups excluding tert-OH is 1. The van der Waals surface area contributed by atoms with E-state index in [0.29, 0.717) is 13.1 Å². The van der Waals surface area contributed by atoms with Crippen molar-refractivity contribution in [3.05, 3.63) is 0 Å². The van der Waals surface area contributed by atoms with Crippen LogP contribution in [0.5, 0.6) is 0 Å². The molecule has 3 N–H and O–H groups in total. The Balaban J connectivity index is 2.37. The van der Waals surface area contributed by atoms with Crippen molar-refractivity contribution in [3.63, 3.8) is 0 Å². The first kappa shape index (κ1) is 15.8. The summed E-state index contributed by atoms with van der Waals surface area (Å²) in [6.45, 7) is 5.23. The average molecular weight is 272 g/mol. The fraction of sp³-hybridized carbons (Fsp3) is 0.846. The molecule has 1 atom stereocenters. The Morgan fingerprint density at radius 1 is 1.32 bits per heavy atom. The predicted octanol–water partition coefficient (Wildman–Crippen LogP) is 0.757. The first-order valence-electron chi connectivity index (χ1n) is 6.82. The molecule has 6 heteroatoms. The van der Waals surface area contributed by atoms with E-state index in [4.69, 9.17) is 10.2 Å². The van der Waals surface area contributed by atoms with Gasteiger partial charge in [-0.05, 0) is 24.7 Å². The SMILES string of the molecule is CC(C)C(CNC(=O)N1CCC(CO)CC1)C(=O)O. The summed E-state index contributed by atoms with van der Waals surface area (Å²) in [5.41, 5.74) is 0. The maximum atomic E-state index is 11.9. The predicted molar refractivity (Wildman–Crippen MR) is 70.7 cm³/mol. The largest absolute Gasteiger partial charge is 0.481 e. The zero-order valence-corrected chi connectivity index (χ0v) is 11.6. The molecule has 0 aromatic rings. The van der Waals surface area contributed by atoms with Crippen LogP contribution in [-0.4, -0.2) is 53.4 Å². The Morgan fingerprint density at radius 3 is 2.32 bits per heavy atom. The quantitative estimate of drug-likeness (QED) is 0.689. The minimum Gasteiger partial charge on any atom is -0.481 e. The van der Waals surface area contributed by atoms with Crippen LogP contribution < -0.4 is 5.32 Å². The second kappa shape index (κ2) is 7.33. The minimum atomic E-state index is -0.880. The molecule has 1 unspecified atom stereocenters. The molecular weight excluding hydrogens is 248 g/mol. The Bertz CT molecular complexity index is 312. The molecule has 2 amide bonds. The lowest BCUT2D eigenvalue weighted by atomic mass is 9.96. The summed E-state index contributed by atoms with van der Waals surface area (Å²) in [6.07, 6.45) is 1.60. The Hall–Kier alpha value is -1.30. The van der Waals surface area contributed by atoms with Crippen molar-refractivity contribution in [2.75, 3.05) is 26.2 Å². The van der Waals surface area contributed by atoms with Gasteiger partial charge in [0, 0.05) is 26.2 Å². The molecule has 0 spiro atoms. The first-order chi connectivity index (χ1) is 8.95. The van der Waals surface area contributed by atoms with Crippen molar-refractivity contribution in [3.8, 4) is 0 Å². The molecule has 0 aromatic heterocycles. The maximum absolute atomic E-state index is 11.9. The van der Waals surface area contributed by atoms with Crippen LogP contribution in [0.4, 0.5) is 4.79 Å². The maximum Gasteiger partial charge on any atom is 0.317 e. The van der Waals surface area contributed by atoms with Gasteiger partial charge in [-0.25, -0.2) is 4.79 Å². The standard InChI is InChI=1S/C13H24N2O4/c1-9(2)11(12(17)18)7-14-13(19)15-5-3-10(8-16)4-6-15/h9-11,16H,3-8H2,1-2H3,(H,14,19)(H,17,18). The van der Waals surface area contributed by atoms with Crippen LogP contribution >= 0.6 is 0 Å². The van der Waals surface area contributed by atoms with E-state index in [1.54, 1.807) is 4.90 Å². The Morgan fingerprint density at radius 2 is 1.89 bits per heavy atom. The minimum absolute atomic E-state index is 0.0158. The van der Waals surface area contributed by atoms with Gasteiger partial charge >= 0.3 is 12.0 Å². The van der Waals surface area contributed by atoms with Crippen LogP contribution in [0.1, 0.15) is 26.7 Å². The van der Waals surface area contributed by atoms with Gasteiger partial charge in [0.2, 0.25) is 0 Å². The molecule has 0 aromatic carbocycles. The van der Waals surface area contributed by atoms with Gasteiger partial charge in [0.05, 0.1) is 5.92 Å². The van der Waals surface area contributed by atoms with E-state index in [1.165, 1.54) is 0 Å². The molecule has 1 aliphatic heterocycles.